The van der Waals surface area contributed by atoms with Crippen LogP contribution >= 0.6 is 0 Å². The van der Waals surface area contributed by atoms with Gasteiger partial charge in [-0.1, -0.05) is 12.1 Å². The van der Waals surface area contributed by atoms with Crippen LogP contribution in [0.15, 0.2) is 42.6 Å². The lowest BCUT2D eigenvalue weighted by Gasteiger charge is -2.35. The number of aromatic nitrogens is 1. The zero-order valence-electron chi connectivity index (χ0n) is 13.8. The number of hydrogen-bond donors (Lipinski definition) is 0. The van der Waals surface area contributed by atoms with E-state index in [2.05, 4.69) is 14.6 Å². The van der Waals surface area contributed by atoms with Gasteiger partial charge in [-0.15, -0.1) is 13.2 Å². The van der Waals surface area contributed by atoms with E-state index in [1.54, 1.807) is 24.4 Å². The number of anilines is 1. The number of pyridine rings is 1. The lowest BCUT2D eigenvalue weighted by atomic mass is 10.2. The molecule has 2 aliphatic heterocycles. The van der Waals surface area contributed by atoms with Crippen molar-refractivity contribution in [2.75, 3.05) is 18.0 Å². The van der Waals surface area contributed by atoms with Crippen molar-refractivity contribution in [2.24, 2.45) is 0 Å². The zero-order chi connectivity index (χ0) is 18.3. The monoisotopic (exact) mass is 367 g/mol. The number of rotatable bonds is 4. The third-order valence-electron chi connectivity index (χ3n) is 4.91. The van der Waals surface area contributed by atoms with E-state index in [0.29, 0.717) is 18.9 Å². The van der Waals surface area contributed by atoms with E-state index in [1.165, 1.54) is 18.2 Å². The van der Waals surface area contributed by atoms with Gasteiger partial charge in [-0.2, -0.15) is 0 Å². The molecule has 0 saturated carbocycles. The number of alkyl halides is 3. The van der Waals surface area contributed by atoms with Crippen LogP contribution in [0.1, 0.15) is 12.0 Å². The van der Waals surface area contributed by atoms with E-state index >= 15 is 0 Å². The van der Waals surface area contributed by atoms with E-state index in [1.807, 2.05) is 4.90 Å². The first-order valence-corrected chi connectivity index (χ1v) is 8.35. The largest absolute Gasteiger partial charge is 0.573 e. The Morgan fingerprint density at radius 3 is 2.46 bits per heavy atom. The van der Waals surface area contributed by atoms with Crippen LogP contribution in [0.3, 0.4) is 0 Å². The summed E-state index contributed by atoms with van der Waals surface area (Å²) in [6, 6.07) is 9.42. The maximum Gasteiger partial charge on any atom is 0.573 e. The molecular weight excluding hydrogens is 350 g/mol. The lowest BCUT2D eigenvalue weighted by molar-refractivity contribution is -0.274. The van der Waals surface area contributed by atoms with Crippen LogP contribution in [0.2, 0.25) is 0 Å². The summed E-state index contributed by atoms with van der Waals surface area (Å²) in [5.74, 6) is -0.138. The average molecular weight is 367 g/mol. The van der Waals surface area contributed by atoms with Crippen LogP contribution in [0.5, 0.6) is 5.75 Å². The third kappa shape index (κ3) is 3.46. The molecule has 1 aromatic heterocycles. The molecule has 4 nitrogen and oxygen atoms in total. The molecular formula is C18H17F4N3O. The maximum atomic E-state index is 14.0. The van der Waals surface area contributed by atoms with Gasteiger partial charge in [0.05, 0.1) is 0 Å². The summed E-state index contributed by atoms with van der Waals surface area (Å²) in [7, 11) is 0. The molecule has 2 atom stereocenters. The quantitative estimate of drug-likeness (QED) is 0.773. The number of likely N-dealkylation sites (tertiary alicyclic amines) is 1. The van der Waals surface area contributed by atoms with Gasteiger partial charge in [0.15, 0.2) is 11.6 Å². The highest BCUT2D eigenvalue weighted by Crippen LogP contribution is 2.35. The number of nitrogens with zero attached hydrogens (tertiary/aromatic N) is 3. The first-order chi connectivity index (χ1) is 12.4. The Morgan fingerprint density at radius 2 is 1.85 bits per heavy atom. The highest BCUT2D eigenvalue weighted by molar-refractivity contribution is 5.44. The van der Waals surface area contributed by atoms with Crippen LogP contribution in [0.4, 0.5) is 23.4 Å². The molecule has 0 radical (unpaired) electrons. The normalized spacial score (nSPS) is 22.8. The number of ether oxygens (including phenoxy) is 1. The molecule has 3 heterocycles. The standard InChI is InChI=1S/C18H17F4N3O/c19-16-2-1-7-23-17(16)25-11-13-8-14(25)10-24(13)9-12-3-5-15(6-4-12)26-18(20,21)22/h1-7,13-14H,8-11H2. The molecule has 26 heavy (non-hydrogen) atoms. The Balaban J connectivity index is 1.38. The molecule has 0 amide bonds. The second-order valence-corrected chi connectivity index (χ2v) is 6.63. The van der Waals surface area contributed by atoms with E-state index in [4.69, 9.17) is 0 Å². The fraction of sp³-hybridized carbons (Fsp3) is 0.389. The van der Waals surface area contributed by atoms with E-state index < -0.39 is 6.36 Å². The van der Waals surface area contributed by atoms with Crippen molar-refractivity contribution in [3.63, 3.8) is 0 Å². The first kappa shape index (κ1) is 17.1. The molecule has 8 heteroatoms. The van der Waals surface area contributed by atoms with E-state index in [0.717, 1.165) is 18.5 Å². The molecule has 0 aliphatic carbocycles. The summed E-state index contributed by atoms with van der Waals surface area (Å²) in [6.07, 6.45) is -2.15. The molecule has 2 aromatic rings. The van der Waals surface area contributed by atoms with Gasteiger partial charge in [0.1, 0.15) is 5.75 Å². The van der Waals surface area contributed by atoms with Crippen molar-refractivity contribution in [3.05, 3.63) is 54.0 Å². The Labute approximate surface area is 148 Å². The first-order valence-electron chi connectivity index (χ1n) is 8.35. The van der Waals surface area contributed by atoms with Gasteiger partial charge in [0, 0.05) is 37.9 Å². The summed E-state index contributed by atoms with van der Waals surface area (Å²) in [4.78, 5) is 8.44. The second kappa shape index (κ2) is 6.42. The van der Waals surface area contributed by atoms with Crippen LogP contribution in [-0.2, 0) is 6.54 Å². The molecule has 2 aliphatic rings. The maximum absolute atomic E-state index is 14.0. The van der Waals surface area contributed by atoms with Crippen molar-refractivity contribution >= 4 is 5.82 Å². The number of hydrogen-bond acceptors (Lipinski definition) is 4. The van der Waals surface area contributed by atoms with Gasteiger partial charge >= 0.3 is 6.36 Å². The fourth-order valence-corrected chi connectivity index (χ4v) is 3.82. The molecule has 138 valence electrons. The minimum Gasteiger partial charge on any atom is -0.406 e. The third-order valence-corrected chi connectivity index (χ3v) is 4.91. The van der Waals surface area contributed by atoms with Gasteiger partial charge in [-0.3, -0.25) is 4.90 Å². The SMILES string of the molecule is Fc1cccnc1N1CC2CC1CN2Cc1ccc(OC(F)(F)F)cc1. The zero-order valence-corrected chi connectivity index (χ0v) is 13.8. The molecule has 4 rings (SSSR count). The van der Waals surface area contributed by atoms with Crippen molar-refractivity contribution in [1.82, 2.24) is 9.88 Å². The van der Waals surface area contributed by atoms with Crippen LogP contribution in [0, 0.1) is 5.82 Å². The van der Waals surface area contributed by atoms with Crippen LogP contribution in [0.25, 0.3) is 0 Å². The van der Waals surface area contributed by atoms with Gasteiger partial charge in [0.2, 0.25) is 0 Å². The van der Waals surface area contributed by atoms with E-state index in [9.17, 15) is 17.6 Å². The summed E-state index contributed by atoms with van der Waals surface area (Å²) >= 11 is 0. The molecule has 2 unspecified atom stereocenters. The molecule has 2 saturated heterocycles. The Bertz CT molecular complexity index is 781. The minimum atomic E-state index is -4.68. The van der Waals surface area contributed by atoms with Crippen molar-refractivity contribution < 1.29 is 22.3 Å². The second-order valence-electron chi connectivity index (χ2n) is 6.63. The molecule has 1 aromatic carbocycles. The Kier molecular flexibility index (Phi) is 4.22. The van der Waals surface area contributed by atoms with E-state index in [-0.39, 0.29) is 23.7 Å². The summed E-state index contributed by atoms with van der Waals surface area (Å²) < 4.78 is 54.5. The van der Waals surface area contributed by atoms with Gasteiger partial charge in [0.25, 0.3) is 0 Å². The fourth-order valence-electron chi connectivity index (χ4n) is 3.82. The summed E-state index contributed by atoms with van der Waals surface area (Å²) in [5.41, 5.74) is 0.919. The summed E-state index contributed by atoms with van der Waals surface area (Å²) in [6.45, 7) is 2.13. The van der Waals surface area contributed by atoms with Gasteiger partial charge < -0.3 is 9.64 Å². The lowest BCUT2D eigenvalue weighted by Crippen LogP contribution is -2.46. The predicted molar refractivity (Wildman–Crippen MR) is 87.3 cm³/mol. The number of benzene rings is 1. The number of fused-ring (bicyclic) bond motifs is 2. The smallest absolute Gasteiger partial charge is 0.406 e. The molecule has 2 bridgehead atoms. The van der Waals surface area contributed by atoms with Crippen LogP contribution < -0.4 is 9.64 Å². The summed E-state index contributed by atoms with van der Waals surface area (Å²) in [5, 5.41) is 0. The average Bonchev–Trinajstić information content (AvgIpc) is 3.16. The van der Waals surface area contributed by atoms with Gasteiger partial charge in [-0.05, 0) is 36.2 Å². The van der Waals surface area contributed by atoms with Crippen molar-refractivity contribution in [2.45, 2.75) is 31.4 Å². The highest BCUT2D eigenvalue weighted by atomic mass is 19.4. The minimum absolute atomic E-state index is 0.206. The van der Waals surface area contributed by atoms with Crippen molar-refractivity contribution in [1.29, 1.82) is 0 Å². The predicted octanol–water partition coefficient (Wildman–Crippen LogP) is 3.58. The Hall–Kier alpha value is -2.35. The topological polar surface area (TPSA) is 28.6 Å². The number of piperazine rings is 1. The van der Waals surface area contributed by atoms with Crippen LogP contribution in [-0.4, -0.2) is 41.4 Å². The Morgan fingerprint density at radius 1 is 1.08 bits per heavy atom. The highest BCUT2D eigenvalue weighted by Gasteiger charge is 2.44. The molecule has 2 fully saturated rings. The molecule has 0 spiro atoms. The van der Waals surface area contributed by atoms with Crippen molar-refractivity contribution in [3.8, 4) is 5.75 Å². The number of halogens is 4. The molecule has 0 N–H and O–H groups in total. The van der Waals surface area contributed by atoms with Gasteiger partial charge in [-0.25, -0.2) is 9.37 Å².